The van der Waals surface area contributed by atoms with Crippen molar-refractivity contribution in [3.63, 3.8) is 0 Å². The number of rotatable bonds is 6. The van der Waals surface area contributed by atoms with Gasteiger partial charge >= 0.3 is 5.97 Å². The van der Waals surface area contributed by atoms with Crippen LogP contribution in [0.5, 0.6) is 0 Å². The molecule has 0 bridgehead atoms. The molecule has 0 aliphatic heterocycles. The summed E-state index contributed by atoms with van der Waals surface area (Å²) in [6, 6.07) is 11.4. The zero-order chi connectivity index (χ0) is 21.0. The van der Waals surface area contributed by atoms with Crippen molar-refractivity contribution in [2.75, 3.05) is 12.9 Å². The molecule has 0 saturated carbocycles. The van der Waals surface area contributed by atoms with Crippen LogP contribution in [0.2, 0.25) is 0 Å². The Bertz CT molecular complexity index is 1170. The van der Waals surface area contributed by atoms with E-state index in [9.17, 15) is 19.7 Å². The molecule has 8 nitrogen and oxygen atoms in total. The third-order valence-electron chi connectivity index (χ3n) is 3.98. The number of hydrogen-bond donors (Lipinski definition) is 0. The van der Waals surface area contributed by atoms with Gasteiger partial charge in [0.05, 0.1) is 21.7 Å². The normalized spacial score (nSPS) is 11.6. The van der Waals surface area contributed by atoms with Gasteiger partial charge in [0.2, 0.25) is 0 Å². The number of nitro benzene ring substituents is 1. The average Bonchev–Trinajstić information content (AvgIpc) is 3.04. The Balaban J connectivity index is 2.12. The van der Waals surface area contributed by atoms with Gasteiger partial charge in [0, 0.05) is 22.6 Å². The maximum Gasteiger partial charge on any atom is 0.326 e. The number of amides is 1. The van der Waals surface area contributed by atoms with Gasteiger partial charge in [-0.25, -0.2) is 0 Å². The van der Waals surface area contributed by atoms with Crippen LogP contribution in [0.4, 0.5) is 5.69 Å². The lowest BCUT2D eigenvalue weighted by Gasteiger charge is -2.05. The molecule has 0 aliphatic carbocycles. The Kier molecular flexibility index (Phi) is 6.45. The van der Waals surface area contributed by atoms with Crippen LogP contribution in [0, 0.1) is 10.1 Å². The molecular weight excluding hydrogens is 414 g/mol. The second-order valence-electron chi connectivity index (χ2n) is 5.83. The molecular formula is C19H17N3O5S2. The van der Waals surface area contributed by atoms with Crippen LogP contribution >= 0.6 is 23.1 Å². The number of nitrogens with zero attached hydrogens (tertiary/aromatic N) is 3. The Hall–Kier alpha value is -2.98. The third kappa shape index (κ3) is 4.72. The van der Waals surface area contributed by atoms with E-state index < -0.39 is 16.8 Å². The van der Waals surface area contributed by atoms with Crippen molar-refractivity contribution >= 4 is 50.9 Å². The number of benzene rings is 2. The number of fused-ring (bicyclic) bond motifs is 1. The molecule has 3 aromatic rings. The molecule has 0 atom stereocenters. The van der Waals surface area contributed by atoms with Gasteiger partial charge in [0.1, 0.15) is 6.54 Å². The number of ether oxygens (including phenoxy) is 1. The monoisotopic (exact) mass is 431 g/mol. The predicted octanol–water partition coefficient (Wildman–Crippen LogP) is 3.64. The maximum atomic E-state index is 12.7. The van der Waals surface area contributed by atoms with Crippen molar-refractivity contribution in [2.24, 2.45) is 4.99 Å². The van der Waals surface area contributed by atoms with Crippen molar-refractivity contribution in [2.45, 2.75) is 18.4 Å². The van der Waals surface area contributed by atoms with Crippen molar-refractivity contribution in [1.29, 1.82) is 0 Å². The molecule has 2 aromatic carbocycles. The fraction of sp³-hybridized carbons (Fsp3) is 0.211. The van der Waals surface area contributed by atoms with Crippen molar-refractivity contribution in [1.82, 2.24) is 4.57 Å². The number of carbonyl (C=O) groups excluding carboxylic acids is 2. The zero-order valence-electron chi connectivity index (χ0n) is 15.7. The summed E-state index contributed by atoms with van der Waals surface area (Å²) in [4.78, 5) is 40.7. The minimum absolute atomic E-state index is 0.0763. The molecule has 0 N–H and O–H groups in total. The topological polar surface area (TPSA) is 104 Å². The van der Waals surface area contributed by atoms with Crippen molar-refractivity contribution in [3.8, 4) is 0 Å². The van der Waals surface area contributed by atoms with Gasteiger partial charge < -0.3 is 9.30 Å². The molecule has 0 spiro atoms. The number of non-ortho nitro benzene ring substituents is 1. The SMILES string of the molecule is CCOC(=O)Cn1c(=NC(=O)c2cccc(SC)c2)sc2cc([N+](=O)[O-])ccc21. The van der Waals surface area contributed by atoms with Gasteiger partial charge in [-0.05, 0) is 37.4 Å². The van der Waals surface area contributed by atoms with E-state index in [1.54, 1.807) is 31.2 Å². The highest BCUT2D eigenvalue weighted by molar-refractivity contribution is 7.98. The zero-order valence-corrected chi connectivity index (χ0v) is 17.3. The summed E-state index contributed by atoms with van der Waals surface area (Å²) in [6.45, 7) is 1.77. The summed E-state index contributed by atoms with van der Waals surface area (Å²) in [5.41, 5.74) is 0.911. The number of thiazole rings is 1. The quantitative estimate of drug-likeness (QED) is 0.255. The molecule has 1 heterocycles. The largest absolute Gasteiger partial charge is 0.465 e. The molecule has 29 heavy (non-hydrogen) atoms. The fourth-order valence-electron chi connectivity index (χ4n) is 2.66. The number of esters is 1. The van der Waals surface area contributed by atoms with Crippen molar-refractivity contribution in [3.05, 3.63) is 62.9 Å². The Labute approximate surface area is 174 Å². The minimum Gasteiger partial charge on any atom is -0.465 e. The highest BCUT2D eigenvalue weighted by Gasteiger charge is 2.16. The molecule has 3 rings (SSSR count). The van der Waals surface area contributed by atoms with Crippen LogP contribution in [0.15, 0.2) is 52.4 Å². The lowest BCUT2D eigenvalue weighted by atomic mass is 10.2. The van der Waals surface area contributed by atoms with Gasteiger partial charge in [-0.2, -0.15) is 4.99 Å². The molecule has 0 saturated heterocycles. The van der Waals surface area contributed by atoms with Crippen LogP contribution in [0.3, 0.4) is 0 Å². The molecule has 0 aliphatic rings. The maximum absolute atomic E-state index is 12.7. The van der Waals surface area contributed by atoms with Gasteiger partial charge in [-0.3, -0.25) is 19.7 Å². The third-order valence-corrected chi connectivity index (χ3v) is 5.75. The fourth-order valence-corrected chi connectivity index (χ4v) is 4.18. The van der Waals surface area contributed by atoms with Crippen LogP contribution in [-0.2, 0) is 16.1 Å². The first kappa shape index (κ1) is 20.7. The standard InChI is InChI=1S/C19H17N3O5S2/c1-3-27-17(23)11-21-15-8-7-13(22(25)26)10-16(15)29-19(21)20-18(24)12-5-4-6-14(9-12)28-2/h4-10H,3,11H2,1-2H3. The average molecular weight is 431 g/mol. The van der Waals surface area contributed by atoms with Crippen LogP contribution in [0.25, 0.3) is 10.2 Å². The van der Waals surface area contributed by atoms with E-state index >= 15 is 0 Å². The number of thioether (sulfide) groups is 1. The first-order chi connectivity index (χ1) is 13.9. The van der Waals surface area contributed by atoms with Gasteiger partial charge in [0.25, 0.3) is 11.6 Å². The molecule has 10 heteroatoms. The van der Waals surface area contributed by atoms with Gasteiger partial charge in [0.15, 0.2) is 4.80 Å². The lowest BCUT2D eigenvalue weighted by Crippen LogP contribution is -2.23. The highest BCUT2D eigenvalue weighted by atomic mass is 32.2. The van der Waals surface area contributed by atoms with E-state index in [0.717, 1.165) is 16.2 Å². The summed E-state index contributed by atoms with van der Waals surface area (Å²) in [5.74, 6) is -0.941. The van der Waals surface area contributed by atoms with Crippen molar-refractivity contribution < 1.29 is 19.2 Å². The molecule has 150 valence electrons. The van der Waals surface area contributed by atoms with Crippen LogP contribution in [-0.4, -0.2) is 34.2 Å². The molecule has 0 radical (unpaired) electrons. The lowest BCUT2D eigenvalue weighted by molar-refractivity contribution is -0.384. The first-order valence-electron chi connectivity index (χ1n) is 8.59. The number of carbonyl (C=O) groups is 2. The van der Waals surface area contributed by atoms with E-state index in [2.05, 4.69) is 4.99 Å². The summed E-state index contributed by atoms with van der Waals surface area (Å²) in [6.07, 6.45) is 1.91. The number of nitro groups is 1. The number of aromatic nitrogens is 1. The summed E-state index contributed by atoms with van der Waals surface area (Å²) < 4.78 is 7.10. The predicted molar refractivity (Wildman–Crippen MR) is 111 cm³/mol. The molecule has 0 fully saturated rings. The summed E-state index contributed by atoms with van der Waals surface area (Å²) in [5, 5.41) is 11.1. The second-order valence-corrected chi connectivity index (χ2v) is 7.72. The van der Waals surface area contributed by atoms with Crippen LogP contribution < -0.4 is 4.80 Å². The Morgan fingerprint density at radius 2 is 2.07 bits per heavy atom. The summed E-state index contributed by atoms with van der Waals surface area (Å²) >= 11 is 2.62. The van der Waals surface area contributed by atoms with Crippen LogP contribution in [0.1, 0.15) is 17.3 Å². The van der Waals surface area contributed by atoms with E-state index in [4.69, 9.17) is 4.74 Å². The Morgan fingerprint density at radius 3 is 2.76 bits per heavy atom. The van der Waals surface area contributed by atoms with Gasteiger partial charge in [-0.1, -0.05) is 17.4 Å². The van der Waals surface area contributed by atoms with E-state index in [1.807, 2.05) is 12.3 Å². The Morgan fingerprint density at radius 1 is 1.28 bits per heavy atom. The van der Waals surface area contributed by atoms with E-state index in [-0.39, 0.29) is 23.6 Å². The van der Waals surface area contributed by atoms with Gasteiger partial charge in [-0.15, -0.1) is 11.8 Å². The minimum atomic E-state index is -0.495. The molecule has 1 amide bonds. The second kappa shape index (κ2) is 9.01. The molecule has 0 unspecified atom stereocenters. The highest BCUT2D eigenvalue weighted by Crippen LogP contribution is 2.23. The first-order valence-corrected chi connectivity index (χ1v) is 10.6. The van der Waals surface area contributed by atoms with E-state index in [0.29, 0.717) is 15.8 Å². The molecule has 1 aromatic heterocycles. The smallest absolute Gasteiger partial charge is 0.326 e. The number of hydrogen-bond acceptors (Lipinski definition) is 7. The van der Waals surface area contributed by atoms with E-state index in [1.165, 1.54) is 28.5 Å². The summed E-state index contributed by atoms with van der Waals surface area (Å²) in [7, 11) is 0.